The summed E-state index contributed by atoms with van der Waals surface area (Å²) in [5, 5.41) is 2.64. The molecule has 0 heterocycles. The third-order valence-corrected chi connectivity index (χ3v) is 9.71. The van der Waals surface area contributed by atoms with Crippen LogP contribution >= 0.6 is 0 Å². The lowest BCUT2D eigenvalue weighted by Crippen LogP contribution is -2.39. The highest BCUT2D eigenvalue weighted by atomic mass is 15.2. The lowest BCUT2D eigenvalue weighted by molar-refractivity contribution is 0.799. The number of nitrogens with zero attached hydrogens (tertiary/aromatic N) is 2. The van der Waals surface area contributed by atoms with Crippen LogP contribution in [0.1, 0.15) is 37.7 Å². The van der Waals surface area contributed by atoms with Gasteiger partial charge in [-0.25, -0.2) is 0 Å². The van der Waals surface area contributed by atoms with Crippen molar-refractivity contribution in [3.05, 3.63) is 191 Å². The molecule has 0 fully saturated rings. The van der Waals surface area contributed by atoms with Crippen molar-refractivity contribution < 1.29 is 0 Å². The Labute approximate surface area is 284 Å². The SMILES string of the molecule is C1=CC(N(c2ccc(N(C3=CC=C(c4ccccc4)CC3)c3ccc(-c4ccccc4)cc3)cc2)C2C=c3ccccc3=CC2)=CCC1. The highest BCUT2D eigenvalue weighted by molar-refractivity contribution is 5.77. The monoisotopic (exact) mass is 620 g/mol. The van der Waals surface area contributed by atoms with E-state index in [-0.39, 0.29) is 6.04 Å². The van der Waals surface area contributed by atoms with Gasteiger partial charge in [0.25, 0.3) is 0 Å². The van der Waals surface area contributed by atoms with Crippen LogP contribution in [-0.4, -0.2) is 6.04 Å². The molecule has 5 aromatic carbocycles. The first-order chi connectivity index (χ1) is 23.8. The van der Waals surface area contributed by atoms with Gasteiger partial charge in [-0.15, -0.1) is 0 Å². The summed E-state index contributed by atoms with van der Waals surface area (Å²) in [7, 11) is 0. The van der Waals surface area contributed by atoms with Crippen LogP contribution in [-0.2, 0) is 0 Å². The molecule has 1 atom stereocenters. The summed E-state index contributed by atoms with van der Waals surface area (Å²) in [5.74, 6) is 0. The Morgan fingerprint density at radius 1 is 0.500 bits per heavy atom. The van der Waals surface area contributed by atoms with Crippen LogP contribution in [0.3, 0.4) is 0 Å². The highest BCUT2D eigenvalue weighted by Gasteiger charge is 2.23. The van der Waals surface area contributed by atoms with Gasteiger partial charge in [-0.2, -0.15) is 0 Å². The summed E-state index contributed by atoms with van der Waals surface area (Å²) in [6, 6.07) is 48.6. The van der Waals surface area contributed by atoms with Gasteiger partial charge in [0.15, 0.2) is 0 Å². The van der Waals surface area contributed by atoms with E-state index in [9.17, 15) is 0 Å². The molecule has 2 heteroatoms. The highest BCUT2D eigenvalue weighted by Crippen LogP contribution is 2.38. The maximum Gasteiger partial charge on any atom is 0.0565 e. The Morgan fingerprint density at radius 3 is 1.79 bits per heavy atom. The molecule has 0 radical (unpaired) electrons. The predicted molar refractivity (Wildman–Crippen MR) is 204 cm³/mol. The summed E-state index contributed by atoms with van der Waals surface area (Å²) < 4.78 is 0. The largest absolute Gasteiger partial charge is 0.334 e. The Morgan fingerprint density at radius 2 is 1.12 bits per heavy atom. The Hall–Kier alpha value is -5.60. The molecule has 0 aromatic heterocycles. The van der Waals surface area contributed by atoms with E-state index >= 15 is 0 Å². The van der Waals surface area contributed by atoms with E-state index in [1.54, 1.807) is 0 Å². The van der Waals surface area contributed by atoms with Gasteiger partial charge in [-0.3, -0.25) is 0 Å². The number of hydrogen-bond donors (Lipinski definition) is 0. The maximum absolute atomic E-state index is 2.53. The van der Waals surface area contributed by atoms with E-state index in [4.69, 9.17) is 0 Å². The molecular formula is C46H40N2. The van der Waals surface area contributed by atoms with Crippen molar-refractivity contribution in [3.63, 3.8) is 0 Å². The van der Waals surface area contributed by atoms with E-state index in [2.05, 4.69) is 186 Å². The first-order valence-corrected chi connectivity index (χ1v) is 17.2. The van der Waals surface area contributed by atoms with Gasteiger partial charge >= 0.3 is 0 Å². The molecule has 0 spiro atoms. The molecule has 0 bridgehead atoms. The summed E-state index contributed by atoms with van der Waals surface area (Å²) in [6.07, 6.45) is 21.6. The van der Waals surface area contributed by atoms with Crippen LogP contribution in [0.15, 0.2) is 175 Å². The molecule has 0 aliphatic heterocycles. The quantitative estimate of drug-likeness (QED) is 0.170. The molecule has 2 nitrogen and oxygen atoms in total. The van der Waals surface area contributed by atoms with Gasteiger partial charge in [-0.1, -0.05) is 127 Å². The minimum Gasteiger partial charge on any atom is -0.334 e. The number of fused-ring (bicyclic) bond motifs is 1. The van der Waals surface area contributed by atoms with Gasteiger partial charge in [0.1, 0.15) is 0 Å². The molecule has 234 valence electrons. The minimum atomic E-state index is 0.254. The van der Waals surface area contributed by atoms with E-state index < -0.39 is 0 Å². The Balaban J connectivity index is 1.16. The zero-order valence-electron chi connectivity index (χ0n) is 27.3. The van der Waals surface area contributed by atoms with Crippen LogP contribution in [0.25, 0.3) is 28.9 Å². The first-order valence-electron chi connectivity index (χ1n) is 17.2. The van der Waals surface area contributed by atoms with E-state index in [0.29, 0.717) is 0 Å². The maximum atomic E-state index is 2.53. The molecule has 1 unspecified atom stereocenters. The number of rotatable bonds is 8. The zero-order valence-corrected chi connectivity index (χ0v) is 27.3. The second-order valence-corrected chi connectivity index (χ2v) is 12.8. The van der Waals surface area contributed by atoms with Crippen LogP contribution in [0.4, 0.5) is 17.1 Å². The van der Waals surface area contributed by atoms with Crippen LogP contribution in [0, 0.1) is 0 Å². The fourth-order valence-electron chi connectivity index (χ4n) is 7.24. The average Bonchev–Trinajstić information content (AvgIpc) is 3.17. The third kappa shape index (κ3) is 6.22. The van der Waals surface area contributed by atoms with Crippen molar-refractivity contribution in [2.24, 2.45) is 0 Å². The Bertz CT molecular complexity index is 2130. The van der Waals surface area contributed by atoms with Gasteiger partial charge < -0.3 is 9.80 Å². The number of hydrogen-bond acceptors (Lipinski definition) is 2. The number of allylic oxidation sites excluding steroid dienone is 7. The molecule has 0 saturated carbocycles. The van der Waals surface area contributed by atoms with Crippen LogP contribution < -0.4 is 20.2 Å². The molecule has 48 heavy (non-hydrogen) atoms. The topological polar surface area (TPSA) is 6.48 Å². The lowest BCUT2D eigenvalue weighted by atomic mass is 9.95. The lowest BCUT2D eigenvalue weighted by Gasteiger charge is -2.35. The van der Waals surface area contributed by atoms with Crippen molar-refractivity contribution in [2.75, 3.05) is 9.80 Å². The van der Waals surface area contributed by atoms with Gasteiger partial charge in [0, 0.05) is 28.5 Å². The van der Waals surface area contributed by atoms with E-state index in [1.807, 2.05) is 0 Å². The Kier molecular flexibility index (Phi) is 8.46. The van der Waals surface area contributed by atoms with Crippen LogP contribution in [0.5, 0.6) is 0 Å². The fraction of sp³-hybridized carbons (Fsp3) is 0.130. The fourth-order valence-corrected chi connectivity index (χ4v) is 7.24. The number of benzene rings is 5. The second-order valence-electron chi connectivity index (χ2n) is 12.8. The zero-order chi connectivity index (χ0) is 32.1. The van der Waals surface area contributed by atoms with Crippen molar-refractivity contribution in [1.29, 1.82) is 0 Å². The van der Waals surface area contributed by atoms with E-state index in [0.717, 1.165) is 32.1 Å². The molecule has 0 N–H and O–H groups in total. The predicted octanol–water partition coefficient (Wildman–Crippen LogP) is 10.3. The molecule has 0 amide bonds. The summed E-state index contributed by atoms with van der Waals surface area (Å²) in [6.45, 7) is 0. The third-order valence-electron chi connectivity index (χ3n) is 9.71. The molecular weight excluding hydrogens is 581 g/mol. The molecule has 3 aliphatic rings. The van der Waals surface area contributed by atoms with Gasteiger partial charge in [0.05, 0.1) is 6.04 Å². The summed E-state index contributed by atoms with van der Waals surface area (Å²) in [4.78, 5) is 4.97. The summed E-state index contributed by atoms with van der Waals surface area (Å²) in [5.41, 5.74) is 11.3. The van der Waals surface area contributed by atoms with E-state index in [1.165, 1.54) is 61.2 Å². The smallest absolute Gasteiger partial charge is 0.0565 e. The standard InChI is InChI=1S/C46H40N2/c1-4-12-35(13-5-1)38-20-25-42(26-21-38)47(43-27-22-39(23-28-43)36-14-6-2-7-15-36)44-30-32-45(33-31-44)48(41-18-8-3-9-19-41)46-29-24-37-16-10-11-17-40(37)34-46/h1-2,4-8,10-22,24-27,30-34,46H,3,9,23,28-29H2. The first kappa shape index (κ1) is 29.8. The van der Waals surface area contributed by atoms with Crippen molar-refractivity contribution in [3.8, 4) is 11.1 Å². The second kappa shape index (κ2) is 13.6. The van der Waals surface area contributed by atoms with Crippen molar-refractivity contribution in [1.82, 2.24) is 0 Å². The molecule has 0 saturated heterocycles. The normalized spacial score (nSPS) is 16.8. The van der Waals surface area contributed by atoms with Crippen LogP contribution in [0.2, 0.25) is 0 Å². The van der Waals surface area contributed by atoms with Crippen molar-refractivity contribution in [2.45, 2.75) is 38.1 Å². The number of anilines is 3. The van der Waals surface area contributed by atoms with Crippen molar-refractivity contribution >= 4 is 34.8 Å². The van der Waals surface area contributed by atoms with Gasteiger partial charge in [0.2, 0.25) is 0 Å². The van der Waals surface area contributed by atoms with Gasteiger partial charge in [-0.05, 0) is 113 Å². The summed E-state index contributed by atoms with van der Waals surface area (Å²) >= 11 is 0. The molecule has 3 aliphatic carbocycles. The molecule has 5 aromatic rings. The average molecular weight is 621 g/mol. The molecule has 8 rings (SSSR count). The minimum absolute atomic E-state index is 0.254.